The van der Waals surface area contributed by atoms with Gasteiger partial charge in [-0.15, -0.1) is 0 Å². The highest BCUT2D eigenvalue weighted by Gasteiger charge is 2.24. The summed E-state index contributed by atoms with van der Waals surface area (Å²) < 4.78 is 0. The largest absolute Gasteiger partial charge is 0.393 e. The van der Waals surface area contributed by atoms with Crippen molar-refractivity contribution in [3.8, 4) is 0 Å². The minimum Gasteiger partial charge on any atom is -0.393 e. The molecule has 54 valence electrons. The van der Waals surface area contributed by atoms with Crippen molar-refractivity contribution < 1.29 is 10.2 Å². The Morgan fingerprint density at radius 3 is 2.33 bits per heavy atom. The molecule has 4 N–H and O–H groups in total. The van der Waals surface area contributed by atoms with E-state index in [1.165, 1.54) is 0 Å². The Kier molecular flexibility index (Phi) is 2.05. The van der Waals surface area contributed by atoms with Crippen LogP contribution in [0.4, 0.5) is 0 Å². The van der Waals surface area contributed by atoms with Gasteiger partial charge in [-0.1, -0.05) is 0 Å². The van der Waals surface area contributed by atoms with Crippen LogP contribution in [0.3, 0.4) is 0 Å². The van der Waals surface area contributed by atoms with Crippen LogP contribution in [-0.2, 0) is 0 Å². The van der Waals surface area contributed by atoms with Crippen LogP contribution in [0.25, 0.3) is 0 Å². The van der Waals surface area contributed by atoms with E-state index in [1.807, 2.05) is 0 Å². The maximum Gasteiger partial charge on any atom is 0.0715 e. The van der Waals surface area contributed by atoms with Gasteiger partial charge in [-0.3, -0.25) is 0 Å². The summed E-state index contributed by atoms with van der Waals surface area (Å²) in [5, 5.41) is 18.0. The summed E-state index contributed by atoms with van der Waals surface area (Å²) in [5.74, 6) is 0. The Morgan fingerprint density at radius 2 is 1.89 bits per heavy atom. The Hall–Kier alpha value is -0.120. The summed E-state index contributed by atoms with van der Waals surface area (Å²) in [6.07, 6.45) is 1.09. The van der Waals surface area contributed by atoms with Crippen molar-refractivity contribution in [2.75, 3.05) is 0 Å². The van der Waals surface area contributed by atoms with Crippen molar-refractivity contribution in [1.29, 1.82) is 0 Å². The molecule has 3 nitrogen and oxygen atoms in total. The summed E-state index contributed by atoms with van der Waals surface area (Å²) in [6, 6.07) is -0.117. The topological polar surface area (TPSA) is 66.5 Å². The molecule has 0 heterocycles. The lowest BCUT2D eigenvalue weighted by molar-refractivity contribution is 0.0273. The molecule has 3 atom stereocenters. The fourth-order valence-corrected chi connectivity index (χ4v) is 1.15. The molecule has 0 bridgehead atoms. The lowest BCUT2D eigenvalue weighted by Crippen LogP contribution is -2.41. The minimum atomic E-state index is -0.492. The van der Waals surface area contributed by atoms with Crippen molar-refractivity contribution in [2.24, 2.45) is 5.73 Å². The Bertz CT molecular complexity index is 97.1. The third-order valence-electron chi connectivity index (χ3n) is 1.84. The van der Waals surface area contributed by atoms with Gasteiger partial charge in [0.05, 0.1) is 12.2 Å². The van der Waals surface area contributed by atoms with Crippen molar-refractivity contribution in [2.45, 2.75) is 37.5 Å². The van der Waals surface area contributed by atoms with Gasteiger partial charge in [0.15, 0.2) is 0 Å². The summed E-state index contributed by atoms with van der Waals surface area (Å²) in [4.78, 5) is 0. The number of hydrogen-bond acceptors (Lipinski definition) is 3. The zero-order chi connectivity index (χ0) is 6.85. The first-order valence-corrected chi connectivity index (χ1v) is 3.32. The summed E-state index contributed by atoms with van der Waals surface area (Å²) in [6.45, 7) is 0. The summed E-state index contributed by atoms with van der Waals surface area (Å²) in [7, 11) is 0. The summed E-state index contributed by atoms with van der Waals surface area (Å²) >= 11 is 0. The fraction of sp³-hybridized carbons (Fsp3) is 1.00. The van der Waals surface area contributed by atoms with Crippen molar-refractivity contribution >= 4 is 0 Å². The lowest BCUT2D eigenvalue weighted by atomic mass is 9.91. The van der Waals surface area contributed by atoms with Gasteiger partial charge in [0, 0.05) is 12.5 Å². The van der Waals surface area contributed by atoms with Crippen LogP contribution >= 0.6 is 0 Å². The van der Waals surface area contributed by atoms with Crippen LogP contribution in [0.5, 0.6) is 0 Å². The maximum absolute atomic E-state index is 9.06. The molecule has 0 spiro atoms. The highest BCUT2D eigenvalue weighted by atomic mass is 16.3. The van der Waals surface area contributed by atoms with E-state index in [-0.39, 0.29) is 12.1 Å². The second-order valence-corrected chi connectivity index (χ2v) is 2.70. The molecular weight excluding hydrogens is 118 g/mol. The second-order valence-electron chi connectivity index (χ2n) is 2.70. The predicted molar refractivity (Wildman–Crippen MR) is 33.8 cm³/mol. The van der Waals surface area contributed by atoms with Gasteiger partial charge in [-0.25, -0.2) is 0 Å². The third kappa shape index (κ3) is 1.64. The first-order chi connectivity index (χ1) is 4.20. The Labute approximate surface area is 54.5 Å². The molecule has 3 heteroatoms. The molecule has 0 amide bonds. The Balaban J connectivity index is 2.35. The zero-order valence-electron chi connectivity index (χ0n) is 5.33. The smallest absolute Gasteiger partial charge is 0.0715 e. The van der Waals surface area contributed by atoms with Crippen LogP contribution in [0, 0.1) is 0 Å². The Morgan fingerprint density at radius 1 is 1.22 bits per heavy atom. The van der Waals surface area contributed by atoms with Crippen molar-refractivity contribution in [3.05, 3.63) is 0 Å². The first kappa shape index (κ1) is 6.99. The van der Waals surface area contributed by atoms with E-state index < -0.39 is 6.10 Å². The van der Waals surface area contributed by atoms with E-state index in [9.17, 15) is 0 Å². The predicted octanol–water partition coefficient (Wildman–Crippen LogP) is -0.781. The monoisotopic (exact) mass is 131 g/mol. The number of hydrogen-bond donors (Lipinski definition) is 3. The number of nitrogens with two attached hydrogens (primary N) is 1. The van der Waals surface area contributed by atoms with Crippen molar-refractivity contribution in [1.82, 2.24) is 0 Å². The van der Waals surface area contributed by atoms with Crippen molar-refractivity contribution in [3.63, 3.8) is 0 Å². The number of aliphatic hydroxyl groups is 2. The standard InChI is InChI=1S/C6H13NO2/c7-5-2-1-4(8)3-6(5)9/h4-6,8-9H,1-3,7H2/t4-,5+,6+/m1/s1. The van der Waals surface area contributed by atoms with Gasteiger partial charge in [-0.05, 0) is 12.8 Å². The SMILES string of the molecule is N[C@H]1CC[C@@H](O)C[C@@H]1O. The van der Waals surface area contributed by atoms with Gasteiger partial charge in [0.25, 0.3) is 0 Å². The molecule has 0 aromatic carbocycles. The molecule has 1 saturated carbocycles. The molecule has 9 heavy (non-hydrogen) atoms. The van der Waals surface area contributed by atoms with E-state index >= 15 is 0 Å². The van der Waals surface area contributed by atoms with E-state index in [0.717, 1.165) is 12.8 Å². The molecule has 1 rings (SSSR count). The molecule has 1 fully saturated rings. The normalized spacial score (nSPS) is 45.0. The molecule has 0 aliphatic heterocycles. The van der Waals surface area contributed by atoms with E-state index in [4.69, 9.17) is 15.9 Å². The number of rotatable bonds is 0. The average Bonchev–Trinajstić information content (AvgIpc) is 1.80. The average molecular weight is 131 g/mol. The zero-order valence-corrected chi connectivity index (χ0v) is 5.33. The van der Waals surface area contributed by atoms with Crippen LogP contribution in [-0.4, -0.2) is 28.5 Å². The molecule has 1 aliphatic carbocycles. The molecular formula is C6H13NO2. The van der Waals surface area contributed by atoms with E-state index in [1.54, 1.807) is 0 Å². The van der Waals surface area contributed by atoms with Gasteiger partial charge >= 0.3 is 0 Å². The van der Waals surface area contributed by atoms with Crippen LogP contribution in [0.2, 0.25) is 0 Å². The van der Waals surface area contributed by atoms with Crippen LogP contribution in [0.1, 0.15) is 19.3 Å². The van der Waals surface area contributed by atoms with Gasteiger partial charge < -0.3 is 15.9 Å². The minimum absolute atomic E-state index is 0.117. The lowest BCUT2D eigenvalue weighted by Gasteiger charge is -2.27. The van der Waals surface area contributed by atoms with E-state index in [2.05, 4.69) is 0 Å². The number of aliphatic hydroxyl groups excluding tert-OH is 2. The second kappa shape index (κ2) is 2.64. The molecule has 0 aromatic heterocycles. The highest BCUT2D eigenvalue weighted by Crippen LogP contribution is 2.16. The van der Waals surface area contributed by atoms with Crippen LogP contribution in [0.15, 0.2) is 0 Å². The molecule has 0 radical (unpaired) electrons. The molecule has 1 aliphatic rings. The van der Waals surface area contributed by atoms with Gasteiger partial charge in [0.2, 0.25) is 0 Å². The molecule has 0 aromatic rings. The fourth-order valence-electron chi connectivity index (χ4n) is 1.15. The molecule has 0 unspecified atom stereocenters. The first-order valence-electron chi connectivity index (χ1n) is 3.32. The maximum atomic E-state index is 9.06. The third-order valence-corrected chi connectivity index (χ3v) is 1.84. The van der Waals surface area contributed by atoms with Crippen LogP contribution < -0.4 is 5.73 Å². The van der Waals surface area contributed by atoms with E-state index in [0.29, 0.717) is 6.42 Å². The highest BCUT2D eigenvalue weighted by molar-refractivity contribution is 4.81. The van der Waals surface area contributed by atoms with Gasteiger partial charge in [-0.2, -0.15) is 0 Å². The summed E-state index contributed by atoms with van der Waals surface area (Å²) in [5.41, 5.74) is 5.48. The molecule has 0 saturated heterocycles. The quantitative estimate of drug-likeness (QED) is 0.404. The van der Waals surface area contributed by atoms with Gasteiger partial charge in [0.1, 0.15) is 0 Å².